The minimum absolute atomic E-state index is 0.110. The number of imide groups is 2. The molecule has 2 aromatic rings. The van der Waals surface area contributed by atoms with Crippen LogP contribution in [0.4, 0.5) is 16.2 Å². The lowest BCUT2D eigenvalue weighted by Gasteiger charge is -2.17. The van der Waals surface area contributed by atoms with Crippen molar-refractivity contribution in [1.82, 2.24) is 4.90 Å². The summed E-state index contributed by atoms with van der Waals surface area (Å²) < 4.78 is 16.0. The van der Waals surface area contributed by atoms with E-state index in [1.807, 2.05) is 6.92 Å². The van der Waals surface area contributed by atoms with Gasteiger partial charge in [0.15, 0.2) is 11.5 Å². The molecule has 0 aliphatic carbocycles. The second kappa shape index (κ2) is 11.8. The van der Waals surface area contributed by atoms with Crippen molar-refractivity contribution in [1.29, 1.82) is 0 Å². The molecule has 0 aromatic heterocycles. The first kappa shape index (κ1) is 26.2. The Bertz CT molecular complexity index is 1160. The summed E-state index contributed by atoms with van der Waals surface area (Å²) in [6.45, 7) is 5.78. The maximum absolute atomic E-state index is 12.9. The smallest absolute Gasteiger partial charge is 0.339 e. The van der Waals surface area contributed by atoms with Gasteiger partial charge in [0.25, 0.3) is 0 Å². The van der Waals surface area contributed by atoms with E-state index >= 15 is 0 Å². The number of anilines is 2. The topological polar surface area (TPSA) is 132 Å². The van der Waals surface area contributed by atoms with Crippen LogP contribution in [0, 0.1) is 0 Å². The van der Waals surface area contributed by atoms with Crippen molar-refractivity contribution < 1.29 is 38.2 Å². The zero-order chi connectivity index (χ0) is 26.2. The highest BCUT2D eigenvalue weighted by Gasteiger charge is 2.46. The van der Waals surface area contributed by atoms with Gasteiger partial charge < -0.3 is 19.5 Å². The van der Waals surface area contributed by atoms with Crippen molar-refractivity contribution in [2.24, 2.45) is 0 Å². The summed E-state index contributed by atoms with van der Waals surface area (Å²) in [6.07, 6.45) is 0.694. The van der Waals surface area contributed by atoms with Gasteiger partial charge in [0.1, 0.15) is 6.54 Å². The molecule has 36 heavy (non-hydrogen) atoms. The molecule has 11 heteroatoms. The number of urea groups is 1. The third kappa shape index (κ3) is 5.80. The standard InChI is InChI=1S/C25H27N3O8/c1-4-13-36-24(32)16-7-9-17(10-8-16)26-21(29)15-27-22(30)23(31)28(25(27)33)18-11-12-19(34-5-2)20(14-18)35-6-3/h7-12,14H,4-6,13,15H2,1-3H3,(H,26,29). The molecular weight excluding hydrogens is 470 g/mol. The van der Waals surface area contributed by atoms with E-state index in [1.54, 1.807) is 13.8 Å². The molecule has 0 spiro atoms. The minimum atomic E-state index is -1.13. The predicted octanol–water partition coefficient (Wildman–Crippen LogP) is 2.98. The normalized spacial score (nSPS) is 13.1. The Morgan fingerprint density at radius 2 is 1.53 bits per heavy atom. The fourth-order valence-corrected chi connectivity index (χ4v) is 3.36. The van der Waals surface area contributed by atoms with Crippen LogP contribution in [0.2, 0.25) is 0 Å². The Labute approximate surface area is 207 Å². The number of ether oxygens (including phenoxy) is 3. The Morgan fingerprint density at radius 1 is 0.861 bits per heavy atom. The van der Waals surface area contributed by atoms with Gasteiger partial charge in [-0.05, 0) is 56.7 Å². The van der Waals surface area contributed by atoms with Gasteiger partial charge in [-0.2, -0.15) is 0 Å². The molecule has 5 amide bonds. The SMILES string of the molecule is CCCOC(=O)c1ccc(NC(=O)CN2C(=O)C(=O)N(c3ccc(OCC)c(OCC)c3)C2=O)cc1. The highest BCUT2D eigenvalue weighted by Crippen LogP contribution is 2.34. The summed E-state index contributed by atoms with van der Waals surface area (Å²) in [5.41, 5.74) is 0.760. The van der Waals surface area contributed by atoms with E-state index in [-0.39, 0.29) is 5.69 Å². The molecule has 0 bridgehead atoms. The molecule has 1 N–H and O–H groups in total. The Morgan fingerprint density at radius 3 is 2.17 bits per heavy atom. The highest BCUT2D eigenvalue weighted by molar-refractivity contribution is 6.53. The summed E-state index contributed by atoms with van der Waals surface area (Å²) in [5.74, 6) is -2.67. The summed E-state index contributed by atoms with van der Waals surface area (Å²) in [4.78, 5) is 63.6. The lowest BCUT2D eigenvalue weighted by atomic mass is 10.2. The lowest BCUT2D eigenvalue weighted by Crippen LogP contribution is -2.39. The van der Waals surface area contributed by atoms with E-state index in [0.717, 1.165) is 0 Å². The molecule has 11 nitrogen and oxygen atoms in total. The maximum atomic E-state index is 12.9. The van der Waals surface area contributed by atoms with Crippen LogP contribution in [0.1, 0.15) is 37.6 Å². The van der Waals surface area contributed by atoms with Gasteiger partial charge in [-0.25, -0.2) is 19.4 Å². The first-order valence-corrected chi connectivity index (χ1v) is 11.5. The van der Waals surface area contributed by atoms with Gasteiger partial charge in [-0.15, -0.1) is 0 Å². The first-order chi connectivity index (χ1) is 17.3. The molecule has 0 unspecified atom stereocenters. The van der Waals surface area contributed by atoms with Gasteiger partial charge in [0.2, 0.25) is 5.91 Å². The largest absolute Gasteiger partial charge is 0.490 e. The number of rotatable bonds is 11. The summed E-state index contributed by atoms with van der Waals surface area (Å²) in [6, 6.07) is 9.38. The lowest BCUT2D eigenvalue weighted by molar-refractivity contribution is -0.140. The van der Waals surface area contributed by atoms with Crippen molar-refractivity contribution in [3.63, 3.8) is 0 Å². The van der Waals surface area contributed by atoms with Crippen LogP contribution in [-0.4, -0.2) is 61.0 Å². The minimum Gasteiger partial charge on any atom is -0.490 e. The van der Waals surface area contributed by atoms with Crippen LogP contribution >= 0.6 is 0 Å². The summed E-state index contributed by atoms with van der Waals surface area (Å²) >= 11 is 0. The maximum Gasteiger partial charge on any atom is 0.339 e. The third-order valence-corrected chi connectivity index (χ3v) is 4.98. The van der Waals surface area contributed by atoms with E-state index < -0.39 is 36.3 Å². The zero-order valence-electron chi connectivity index (χ0n) is 20.2. The Kier molecular flexibility index (Phi) is 8.61. The van der Waals surface area contributed by atoms with Gasteiger partial charge in [0.05, 0.1) is 31.1 Å². The van der Waals surface area contributed by atoms with Crippen molar-refractivity contribution in [3.05, 3.63) is 48.0 Å². The van der Waals surface area contributed by atoms with E-state index in [2.05, 4.69) is 5.32 Å². The molecule has 1 saturated heterocycles. The fourth-order valence-electron chi connectivity index (χ4n) is 3.36. The molecule has 0 atom stereocenters. The molecule has 1 fully saturated rings. The number of carbonyl (C=O) groups is 5. The number of carbonyl (C=O) groups excluding carboxylic acids is 5. The van der Waals surface area contributed by atoms with Crippen LogP contribution in [-0.2, 0) is 19.1 Å². The first-order valence-electron chi connectivity index (χ1n) is 11.5. The van der Waals surface area contributed by atoms with Crippen LogP contribution in [0.5, 0.6) is 11.5 Å². The van der Waals surface area contributed by atoms with Gasteiger partial charge >= 0.3 is 23.8 Å². The number of hydrogen-bond acceptors (Lipinski definition) is 8. The number of nitrogens with one attached hydrogen (secondary N) is 1. The van der Waals surface area contributed by atoms with Crippen LogP contribution in [0.15, 0.2) is 42.5 Å². The number of nitrogens with zero attached hydrogens (tertiary/aromatic N) is 2. The number of benzene rings is 2. The molecule has 190 valence electrons. The monoisotopic (exact) mass is 497 g/mol. The molecule has 3 rings (SSSR count). The zero-order valence-corrected chi connectivity index (χ0v) is 20.2. The van der Waals surface area contributed by atoms with E-state index in [9.17, 15) is 24.0 Å². The molecule has 0 saturated carbocycles. The molecule has 1 heterocycles. The van der Waals surface area contributed by atoms with Crippen molar-refractivity contribution >= 4 is 41.1 Å². The van der Waals surface area contributed by atoms with Crippen LogP contribution < -0.4 is 19.7 Å². The number of hydrogen-bond donors (Lipinski definition) is 1. The molecule has 0 radical (unpaired) electrons. The molecule has 1 aliphatic heterocycles. The van der Waals surface area contributed by atoms with Gasteiger partial charge in [-0.1, -0.05) is 6.92 Å². The summed E-state index contributed by atoms with van der Waals surface area (Å²) in [7, 11) is 0. The third-order valence-electron chi connectivity index (χ3n) is 4.98. The van der Waals surface area contributed by atoms with Gasteiger partial charge in [-0.3, -0.25) is 14.4 Å². The van der Waals surface area contributed by atoms with Gasteiger partial charge in [0, 0.05) is 11.8 Å². The second-order valence-electron chi connectivity index (χ2n) is 7.57. The molecular formula is C25H27N3O8. The second-order valence-corrected chi connectivity index (χ2v) is 7.57. The van der Waals surface area contributed by atoms with Crippen LogP contribution in [0.3, 0.4) is 0 Å². The number of esters is 1. The van der Waals surface area contributed by atoms with Crippen molar-refractivity contribution in [3.8, 4) is 11.5 Å². The van der Waals surface area contributed by atoms with E-state index in [0.29, 0.717) is 58.8 Å². The van der Waals surface area contributed by atoms with E-state index in [1.165, 1.54) is 42.5 Å². The Balaban J connectivity index is 1.69. The average molecular weight is 498 g/mol. The van der Waals surface area contributed by atoms with Crippen LogP contribution in [0.25, 0.3) is 0 Å². The predicted molar refractivity (Wildman–Crippen MR) is 129 cm³/mol. The van der Waals surface area contributed by atoms with E-state index in [4.69, 9.17) is 14.2 Å². The summed E-state index contributed by atoms with van der Waals surface area (Å²) in [5, 5.41) is 2.53. The molecule has 2 aromatic carbocycles. The van der Waals surface area contributed by atoms with Crippen molar-refractivity contribution in [2.75, 3.05) is 36.6 Å². The number of amides is 5. The van der Waals surface area contributed by atoms with Crippen molar-refractivity contribution in [2.45, 2.75) is 27.2 Å². The average Bonchev–Trinajstić information content (AvgIpc) is 3.07. The quantitative estimate of drug-likeness (QED) is 0.285. The molecule has 1 aliphatic rings. The Hall–Kier alpha value is -4.41. The highest BCUT2D eigenvalue weighted by atomic mass is 16.5. The fraction of sp³-hybridized carbons (Fsp3) is 0.320.